The molecule has 176 valence electrons. The van der Waals surface area contributed by atoms with E-state index in [1.54, 1.807) is 36.4 Å². The first-order valence-electron chi connectivity index (χ1n) is 11.0. The Hall–Kier alpha value is -4.04. The van der Waals surface area contributed by atoms with Gasteiger partial charge >= 0.3 is 0 Å². The zero-order chi connectivity index (χ0) is 24.4. The van der Waals surface area contributed by atoms with Crippen LogP contribution in [-0.4, -0.2) is 22.5 Å². The van der Waals surface area contributed by atoms with Crippen molar-refractivity contribution in [2.24, 2.45) is 0 Å². The van der Waals surface area contributed by atoms with Crippen molar-refractivity contribution < 1.29 is 19.1 Å². The number of phenols is 1. The van der Waals surface area contributed by atoms with Crippen LogP contribution in [0.15, 0.2) is 86.6 Å². The lowest BCUT2D eigenvalue weighted by atomic mass is 10.1. The molecular weight excluding hydrogens is 512 g/mol. The molecule has 2 aromatic heterocycles. The van der Waals surface area contributed by atoms with E-state index in [4.69, 9.17) is 9.15 Å². The van der Waals surface area contributed by atoms with Gasteiger partial charge in [-0.25, -0.2) is 0 Å². The third kappa shape index (κ3) is 4.93. The summed E-state index contributed by atoms with van der Waals surface area (Å²) in [4.78, 5) is 28.7. The summed E-state index contributed by atoms with van der Waals surface area (Å²) in [5.41, 5.74) is 2.75. The molecule has 0 fully saturated rings. The lowest BCUT2D eigenvalue weighted by Crippen LogP contribution is -2.26. The fourth-order valence-electron chi connectivity index (χ4n) is 3.92. The van der Waals surface area contributed by atoms with Gasteiger partial charge in [0, 0.05) is 34.2 Å². The monoisotopic (exact) mass is 532 g/mol. The molecule has 0 aliphatic carbocycles. The molecule has 0 bridgehead atoms. The summed E-state index contributed by atoms with van der Waals surface area (Å²) in [6.07, 6.45) is 2.39. The summed E-state index contributed by atoms with van der Waals surface area (Å²) in [5.74, 6) is 0.0335. The van der Waals surface area contributed by atoms with Crippen LogP contribution in [0.3, 0.4) is 0 Å². The van der Waals surface area contributed by atoms with Crippen LogP contribution in [0, 0.1) is 0 Å². The highest BCUT2D eigenvalue weighted by Gasteiger charge is 2.15. The third-order valence-corrected chi connectivity index (χ3v) is 6.21. The first-order valence-corrected chi connectivity index (χ1v) is 11.8. The van der Waals surface area contributed by atoms with Gasteiger partial charge in [0.25, 0.3) is 5.91 Å². The molecule has 35 heavy (non-hydrogen) atoms. The maximum absolute atomic E-state index is 12.9. The predicted octanol–water partition coefficient (Wildman–Crippen LogP) is 5.29. The van der Waals surface area contributed by atoms with Gasteiger partial charge in [-0.05, 0) is 60.0 Å². The second-order valence-corrected chi connectivity index (χ2v) is 8.98. The number of hydrogen-bond acceptors (Lipinski definition) is 5. The Kier molecular flexibility index (Phi) is 6.29. The van der Waals surface area contributed by atoms with Crippen LogP contribution >= 0.6 is 15.9 Å². The van der Waals surface area contributed by atoms with Crippen molar-refractivity contribution in [3.63, 3.8) is 0 Å². The summed E-state index contributed by atoms with van der Waals surface area (Å²) in [5, 5.41) is 13.7. The van der Waals surface area contributed by atoms with Crippen molar-refractivity contribution in [2.75, 3.05) is 6.54 Å². The van der Waals surface area contributed by atoms with E-state index in [0.29, 0.717) is 30.7 Å². The minimum atomic E-state index is -0.479. The molecule has 5 aromatic rings. The number of aromatic hydroxyl groups is 1. The van der Waals surface area contributed by atoms with Crippen molar-refractivity contribution in [3.8, 4) is 11.5 Å². The molecule has 3 N–H and O–H groups in total. The first kappa shape index (κ1) is 22.7. The molecule has 0 spiro atoms. The number of aromatic nitrogens is 1. The molecule has 0 aliphatic rings. The molecule has 0 aliphatic heterocycles. The highest BCUT2D eigenvalue weighted by Crippen LogP contribution is 2.25. The van der Waals surface area contributed by atoms with Crippen LogP contribution in [0.2, 0.25) is 0 Å². The van der Waals surface area contributed by atoms with Crippen molar-refractivity contribution >= 4 is 43.7 Å². The maximum atomic E-state index is 12.9. The Labute approximate surface area is 208 Å². The van der Waals surface area contributed by atoms with Gasteiger partial charge in [-0.2, -0.15) is 0 Å². The Morgan fingerprint density at radius 3 is 2.74 bits per heavy atom. The largest absolute Gasteiger partial charge is 0.508 e. The normalized spacial score (nSPS) is 11.1. The number of halogens is 1. The van der Waals surface area contributed by atoms with Gasteiger partial charge in [0.15, 0.2) is 11.2 Å². The van der Waals surface area contributed by atoms with Crippen LogP contribution < -0.4 is 15.5 Å². The number of fused-ring (bicyclic) bond motifs is 2. The van der Waals surface area contributed by atoms with Gasteiger partial charge < -0.3 is 24.6 Å². The Balaban J connectivity index is 1.29. The van der Waals surface area contributed by atoms with E-state index in [2.05, 4.69) is 26.2 Å². The molecule has 3 aromatic carbocycles. The molecule has 0 radical (unpaired) electrons. The molecule has 0 unspecified atom stereocenters. The van der Waals surface area contributed by atoms with E-state index in [1.165, 1.54) is 6.07 Å². The number of nitrogens with one attached hydrogen (secondary N) is 2. The van der Waals surface area contributed by atoms with Crippen molar-refractivity contribution in [1.29, 1.82) is 0 Å². The second kappa shape index (κ2) is 9.68. The van der Waals surface area contributed by atoms with Crippen LogP contribution in [0.25, 0.3) is 21.9 Å². The van der Waals surface area contributed by atoms with Crippen LogP contribution in [0.1, 0.15) is 21.7 Å². The number of amides is 1. The second-order valence-electron chi connectivity index (χ2n) is 8.07. The summed E-state index contributed by atoms with van der Waals surface area (Å²) in [6.45, 7) is 0.624. The van der Waals surface area contributed by atoms with Gasteiger partial charge in [0.1, 0.15) is 29.1 Å². The summed E-state index contributed by atoms with van der Waals surface area (Å²) < 4.78 is 12.6. The predicted molar refractivity (Wildman–Crippen MR) is 137 cm³/mol. The van der Waals surface area contributed by atoms with Gasteiger partial charge in [-0.3, -0.25) is 9.59 Å². The van der Waals surface area contributed by atoms with Gasteiger partial charge in [0.2, 0.25) is 0 Å². The average Bonchev–Trinajstić information content (AvgIpc) is 3.25. The quantitative estimate of drug-likeness (QED) is 0.264. The van der Waals surface area contributed by atoms with Crippen LogP contribution in [0.4, 0.5) is 0 Å². The highest BCUT2D eigenvalue weighted by molar-refractivity contribution is 9.10. The number of benzene rings is 3. The fourth-order valence-corrected chi connectivity index (χ4v) is 4.19. The summed E-state index contributed by atoms with van der Waals surface area (Å²) in [7, 11) is 0. The fraction of sp³-hybridized carbons (Fsp3) is 0.111. The Morgan fingerprint density at radius 2 is 1.91 bits per heavy atom. The van der Waals surface area contributed by atoms with Gasteiger partial charge in [-0.1, -0.05) is 34.1 Å². The number of carbonyl (C=O) groups excluding carboxylic acids is 1. The van der Waals surface area contributed by atoms with Crippen molar-refractivity contribution in [2.45, 2.75) is 13.0 Å². The summed E-state index contributed by atoms with van der Waals surface area (Å²) in [6, 6.07) is 19.0. The number of rotatable bonds is 7. The molecule has 7 nitrogen and oxygen atoms in total. The highest BCUT2D eigenvalue weighted by atomic mass is 79.9. The zero-order valence-corrected chi connectivity index (χ0v) is 20.1. The molecule has 0 atom stereocenters. The van der Waals surface area contributed by atoms with Crippen LogP contribution in [-0.2, 0) is 13.0 Å². The molecule has 1 amide bonds. The number of aromatic amines is 1. The van der Waals surface area contributed by atoms with Gasteiger partial charge in [0.05, 0.1) is 0 Å². The Morgan fingerprint density at radius 1 is 1.09 bits per heavy atom. The average molecular weight is 533 g/mol. The molecule has 0 saturated heterocycles. The lowest BCUT2D eigenvalue weighted by molar-refractivity contribution is 0.0927. The van der Waals surface area contributed by atoms with Crippen LogP contribution in [0.5, 0.6) is 11.5 Å². The maximum Gasteiger partial charge on any atom is 0.287 e. The molecule has 0 saturated carbocycles. The Bertz CT molecular complexity index is 1590. The molecule has 5 rings (SSSR count). The number of H-pyrrole nitrogens is 1. The van der Waals surface area contributed by atoms with Crippen molar-refractivity contribution in [1.82, 2.24) is 10.3 Å². The molecule has 8 heteroatoms. The third-order valence-electron chi connectivity index (χ3n) is 5.68. The standard InChI is InChI=1S/C27H21BrN2O5/c28-18-6-4-16(5-7-18)15-34-23-2-1-3-24-26(23)22(32)13-25(35-24)27(33)29-11-10-17-14-30-21-9-8-19(31)12-20(17)21/h1-9,12-14,30-31H,10-11,15H2,(H,29,33). The minimum absolute atomic E-state index is 0.0656. The number of hydrogen-bond donors (Lipinski definition) is 3. The first-order chi connectivity index (χ1) is 17.0. The minimum Gasteiger partial charge on any atom is -0.508 e. The van der Waals surface area contributed by atoms with Gasteiger partial charge in [-0.15, -0.1) is 0 Å². The smallest absolute Gasteiger partial charge is 0.287 e. The van der Waals surface area contributed by atoms with E-state index in [9.17, 15) is 14.7 Å². The number of carbonyl (C=O) groups is 1. The lowest BCUT2D eigenvalue weighted by Gasteiger charge is -2.10. The zero-order valence-electron chi connectivity index (χ0n) is 18.5. The number of ether oxygens (including phenoxy) is 1. The van der Waals surface area contributed by atoms with E-state index in [-0.39, 0.29) is 22.5 Å². The van der Waals surface area contributed by atoms with E-state index in [0.717, 1.165) is 26.5 Å². The SMILES string of the molecule is O=C(NCCc1c[nH]c2ccc(O)cc12)c1cc(=O)c2c(OCc3ccc(Br)cc3)cccc2o1. The van der Waals surface area contributed by atoms with E-state index >= 15 is 0 Å². The van der Waals surface area contributed by atoms with Crippen molar-refractivity contribution in [3.05, 3.63) is 105 Å². The number of phenolic OH excluding ortho intramolecular Hbond substituents is 1. The molecule has 2 heterocycles. The van der Waals surface area contributed by atoms with E-state index < -0.39 is 5.91 Å². The topological polar surface area (TPSA) is 105 Å². The molecular formula is C27H21BrN2O5. The summed E-state index contributed by atoms with van der Waals surface area (Å²) >= 11 is 3.40. The van der Waals surface area contributed by atoms with E-state index in [1.807, 2.05) is 30.5 Å².